The predicted octanol–water partition coefficient (Wildman–Crippen LogP) is 2.66. The Morgan fingerprint density at radius 1 is 1.26 bits per heavy atom. The first-order valence-electron chi connectivity index (χ1n) is 7.24. The lowest BCUT2D eigenvalue weighted by molar-refractivity contribution is 0.0467. The molecule has 0 aliphatic rings. The minimum atomic E-state index is -1.15. The van der Waals surface area contributed by atoms with Crippen LogP contribution in [0.1, 0.15) is 24.3 Å². The van der Waals surface area contributed by atoms with E-state index in [9.17, 15) is 5.11 Å². The fourth-order valence-electron chi connectivity index (χ4n) is 2.15. The van der Waals surface area contributed by atoms with Crippen LogP contribution in [0.25, 0.3) is 11.5 Å². The van der Waals surface area contributed by atoms with Gasteiger partial charge in [-0.1, -0.05) is 5.16 Å². The molecule has 0 saturated carbocycles. The Hall–Kier alpha value is -2.67. The lowest BCUT2D eigenvalue weighted by Crippen LogP contribution is -2.30. The number of hydrogen-bond donors (Lipinski definition) is 2. The maximum Gasteiger partial charge on any atom is 0.258 e. The Bertz CT molecular complexity index is 807. The van der Waals surface area contributed by atoms with Crippen molar-refractivity contribution in [2.75, 3.05) is 11.9 Å². The molecular formula is C16H18N4O3. The van der Waals surface area contributed by atoms with E-state index in [1.165, 1.54) is 0 Å². The van der Waals surface area contributed by atoms with Crippen LogP contribution < -0.4 is 5.32 Å². The van der Waals surface area contributed by atoms with E-state index in [0.29, 0.717) is 23.3 Å². The van der Waals surface area contributed by atoms with E-state index in [2.05, 4.69) is 20.4 Å². The van der Waals surface area contributed by atoms with Gasteiger partial charge in [0.15, 0.2) is 5.82 Å². The zero-order valence-electron chi connectivity index (χ0n) is 13.2. The zero-order chi connectivity index (χ0) is 16.4. The van der Waals surface area contributed by atoms with Crippen LogP contribution in [-0.2, 0) is 5.60 Å². The van der Waals surface area contributed by atoms with Gasteiger partial charge in [-0.3, -0.25) is 0 Å². The summed E-state index contributed by atoms with van der Waals surface area (Å²) in [6, 6.07) is 7.16. The van der Waals surface area contributed by atoms with Crippen molar-refractivity contribution in [2.45, 2.75) is 26.4 Å². The molecule has 0 saturated heterocycles. The number of aryl methyl sites for hydroxylation is 2. The van der Waals surface area contributed by atoms with Crippen LogP contribution >= 0.6 is 0 Å². The highest BCUT2D eigenvalue weighted by Gasteiger charge is 2.26. The average Bonchev–Trinajstić information content (AvgIpc) is 3.15. The van der Waals surface area contributed by atoms with Gasteiger partial charge < -0.3 is 19.4 Å². The number of furan rings is 1. The minimum absolute atomic E-state index is 0.249. The Balaban J connectivity index is 1.73. The van der Waals surface area contributed by atoms with E-state index in [1.807, 2.05) is 13.0 Å². The largest absolute Gasteiger partial charge is 0.463 e. The molecule has 0 amide bonds. The number of anilines is 1. The SMILES string of the molecule is Cc1noc(-c2ccnc(NCC(C)(O)c3ccc(C)o3)c2)n1. The zero-order valence-corrected chi connectivity index (χ0v) is 13.2. The molecule has 3 rings (SSSR count). The Morgan fingerprint density at radius 3 is 2.74 bits per heavy atom. The molecule has 3 aromatic heterocycles. The minimum Gasteiger partial charge on any atom is -0.463 e. The van der Waals surface area contributed by atoms with Gasteiger partial charge in [0.05, 0.1) is 6.54 Å². The molecule has 0 aliphatic carbocycles. The van der Waals surface area contributed by atoms with Gasteiger partial charge in [-0.15, -0.1) is 0 Å². The topological polar surface area (TPSA) is 97.2 Å². The average molecular weight is 314 g/mol. The molecular weight excluding hydrogens is 296 g/mol. The number of pyridine rings is 1. The second-order valence-corrected chi connectivity index (χ2v) is 5.61. The van der Waals surface area contributed by atoms with Gasteiger partial charge >= 0.3 is 0 Å². The van der Waals surface area contributed by atoms with Gasteiger partial charge in [0, 0.05) is 11.8 Å². The first-order chi connectivity index (χ1) is 10.9. The van der Waals surface area contributed by atoms with Crippen LogP contribution in [0, 0.1) is 13.8 Å². The first-order valence-corrected chi connectivity index (χ1v) is 7.24. The monoisotopic (exact) mass is 314 g/mol. The van der Waals surface area contributed by atoms with E-state index < -0.39 is 5.60 Å². The Kier molecular flexibility index (Phi) is 3.87. The summed E-state index contributed by atoms with van der Waals surface area (Å²) in [5.41, 5.74) is -0.385. The fourth-order valence-corrected chi connectivity index (χ4v) is 2.15. The summed E-state index contributed by atoms with van der Waals surface area (Å²) in [5.74, 6) is 2.86. The molecule has 7 heteroatoms. The molecule has 3 heterocycles. The summed E-state index contributed by atoms with van der Waals surface area (Å²) >= 11 is 0. The maximum atomic E-state index is 10.5. The van der Waals surface area contributed by atoms with Gasteiger partial charge in [-0.2, -0.15) is 4.98 Å². The quantitative estimate of drug-likeness (QED) is 0.747. The van der Waals surface area contributed by atoms with Crippen molar-refractivity contribution in [1.29, 1.82) is 0 Å². The van der Waals surface area contributed by atoms with E-state index in [-0.39, 0.29) is 6.54 Å². The van der Waals surface area contributed by atoms with Gasteiger partial charge in [0.25, 0.3) is 5.89 Å². The summed E-state index contributed by atoms with van der Waals surface area (Å²) in [6.45, 7) is 5.53. The fraction of sp³-hybridized carbons (Fsp3) is 0.312. The highest BCUT2D eigenvalue weighted by Crippen LogP contribution is 2.24. The summed E-state index contributed by atoms with van der Waals surface area (Å²) < 4.78 is 10.6. The summed E-state index contributed by atoms with van der Waals surface area (Å²) in [7, 11) is 0. The number of rotatable bonds is 5. The van der Waals surface area contributed by atoms with Crippen LogP contribution in [-0.4, -0.2) is 26.8 Å². The van der Waals surface area contributed by atoms with Gasteiger partial charge in [-0.05, 0) is 45.0 Å². The Labute approximate surface area is 133 Å². The first kappa shape index (κ1) is 15.2. The molecule has 120 valence electrons. The maximum absolute atomic E-state index is 10.5. The normalized spacial score (nSPS) is 13.7. The van der Waals surface area contributed by atoms with Crippen LogP contribution in [0.15, 0.2) is 39.4 Å². The molecule has 23 heavy (non-hydrogen) atoms. The second kappa shape index (κ2) is 5.85. The molecule has 3 aromatic rings. The summed E-state index contributed by atoms with van der Waals surface area (Å²) in [4.78, 5) is 8.41. The number of aliphatic hydroxyl groups is 1. The molecule has 0 aromatic carbocycles. The second-order valence-electron chi connectivity index (χ2n) is 5.61. The van der Waals surface area contributed by atoms with Crippen LogP contribution in [0.2, 0.25) is 0 Å². The number of nitrogens with zero attached hydrogens (tertiary/aromatic N) is 3. The molecule has 0 radical (unpaired) electrons. The Morgan fingerprint density at radius 2 is 2.09 bits per heavy atom. The van der Waals surface area contributed by atoms with Crippen LogP contribution in [0.3, 0.4) is 0 Å². The third-order valence-corrected chi connectivity index (χ3v) is 3.42. The highest BCUT2D eigenvalue weighted by molar-refractivity contribution is 5.57. The van der Waals surface area contributed by atoms with Gasteiger partial charge in [0.2, 0.25) is 0 Å². The van der Waals surface area contributed by atoms with Crippen molar-refractivity contribution >= 4 is 5.82 Å². The molecule has 1 unspecified atom stereocenters. The number of aromatic nitrogens is 3. The van der Waals surface area contributed by atoms with E-state index in [0.717, 1.165) is 11.3 Å². The molecule has 1 atom stereocenters. The number of hydrogen-bond acceptors (Lipinski definition) is 7. The van der Waals surface area contributed by atoms with Crippen LogP contribution in [0.4, 0.5) is 5.82 Å². The molecule has 7 nitrogen and oxygen atoms in total. The predicted molar refractivity (Wildman–Crippen MR) is 83.8 cm³/mol. The van der Waals surface area contributed by atoms with E-state index in [1.54, 1.807) is 38.2 Å². The smallest absolute Gasteiger partial charge is 0.258 e. The van der Waals surface area contributed by atoms with Gasteiger partial charge in [0.1, 0.15) is 22.9 Å². The van der Waals surface area contributed by atoms with E-state index in [4.69, 9.17) is 8.94 Å². The van der Waals surface area contributed by atoms with Crippen molar-refractivity contribution in [3.63, 3.8) is 0 Å². The standard InChI is InChI=1S/C16H18N4O3/c1-10-4-5-13(22-10)16(3,21)9-18-14-8-12(6-7-17-14)15-19-11(2)20-23-15/h4-8,21H,9H2,1-3H3,(H,17,18). The molecule has 0 spiro atoms. The van der Waals surface area contributed by atoms with Crippen molar-refractivity contribution < 1.29 is 14.0 Å². The number of nitrogens with one attached hydrogen (secondary N) is 1. The third-order valence-electron chi connectivity index (χ3n) is 3.42. The summed E-state index contributed by atoms with van der Waals surface area (Å²) in [5, 5.41) is 17.4. The van der Waals surface area contributed by atoms with Crippen molar-refractivity contribution in [3.8, 4) is 11.5 Å². The van der Waals surface area contributed by atoms with Crippen LogP contribution in [0.5, 0.6) is 0 Å². The molecule has 0 fully saturated rings. The molecule has 2 N–H and O–H groups in total. The third kappa shape index (κ3) is 3.40. The lowest BCUT2D eigenvalue weighted by atomic mass is 10.0. The summed E-state index contributed by atoms with van der Waals surface area (Å²) in [6.07, 6.45) is 1.64. The lowest BCUT2D eigenvalue weighted by Gasteiger charge is -2.21. The van der Waals surface area contributed by atoms with Gasteiger partial charge in [-0.25, -0.2) is 4.98 Å². The molecule has 0 aliphatic heterocycles. The molecule has 0 bridgehead atoms. The van der Waals surface area contributed by atoms with E-state index >= 15 is 0 Å². The van der Waals surface area contributed by atoms with Crippen molar-refractivity contribution in [2.24, 2.45) is 0 Å². The van der Waals surface area contributed by atoms with Crippen molar-refractivity contribution in [1.82, 2.24) is 15.1 Å². The van der Waals surface area contributed by atoms with Crippen molar-refractivity contribution in [3.05, 3.63) is 47.8 Å². The highest BCUT2D eigenvalue weighted by atomic mass is 16.5.